The number of hydrogen-bond donors (Lipinski definition) is 2. The van der Waals surface area contributed by atoms with E-state index < -0.39 is 26.7 Å². The topological polar surface area (TPSA) is 149 Å². The molecule has 0 spiro atoms. The van der Waals surface area contributed by atoms with Crippen molar-refractivity contribution in [1.29, 1.82) is 5.26 Å². The Morgan fingerprint density at radius 3 is 2.49 bits per heavy atom. The molecule has 0 radical (unpaired) electrons. The number of nitrogens with zero attached hydrogens (tertiary/aromatic N) is 7. The van der Waals surface area contributed by atoms with E-state index in [1.54, 1.807) is 4.90 Å². The Balaban J connectivity index is 1.39. The smallest absolute Gasteiger partial charge is 0.366 e. The van der Waals surface area contributed by atoms with Crippen LogP contribution in [0.3, 0.4) is 0 Å². The van der Waals surface area contributed by atoms with Gasteiger partial charge in [0.1, 0.15) is 10.4 Å². The van der Waals surface area contributed by atoms with Crippen molar-refractivity contribution in [3.8, 4) is 16.9 Å². The number of nitriles is 1. The van der Waals surface area contributed by atoms with Crippen LogP contribution in [0, 0.1) is 17.2 Å². The number of imidazole rings is 1. The highest BCUT2D eigenvalue weighted by molar-refractivity contribution is 7.89. The number of pyridine rings is 1. The zero-order valence-corrected chi connectivity index (χ0v) is 21.9. The SMILES string of the molecule is N#CC1(NS(=O)(=O)c2cc(N3CCN(C(=O)C4CNC4)CC3)c3cnc(-c4nnc(C(F)(F)F)s4)n3c2)CC1. The maximum atomic E-state index is 13.3. The predicted molar refractivity (Wildman–Crippen MR) is 132 cm³/mol. The van der Waals surface area contributed by atoms with Crippen molar-refractivity contribution < 1.29 is 26.4 Å². The molecule has 2 N–H and O–H groups in total. The largest absolute Gasteiger partial charge is 0.445 e. The van der Waals surface area contributed by atoms with Crippen molar-refractivity contribution >= 4 is 38.5 Å². The Bertz CT molecular complexity index is 1600. The fourth-order valence-electron chi connectivity index (χ4n) is 4.61. The van der Waals surface area contributed by atoms with Crippen LogP contribution in [-0.4, -0.2) is 83.6 Å². The molecule has 12 nitrogen and oxygen atoms in total. The third-order valence-electron chi connectivity index (χ3n) is 7.12. The summed E-state index contributed by atoms with van der Waals surface area (Å²) < 4.78 is 70.0. The summed E-state index contributed by atoms with van der Waals surface area (Å²) in [5.74, 6) is 0.0428. The molecular weight excluding hydrogens is 559 g/mol. The second kappa shape index (κ2) is 9.11. The van der Waals surface area contributed by atoms with E-state index in [2.05, 4.69) is 25.2 Å². The Kier molecular flexibility index (Phi) is 6.06. The van der Waals surface area contributed by atoms with Gasteiger partial charge < -0.3 is 15.1 Å². The van der Waals surface area contributed by atoms with E-state index in [0.717, 1.165) is 0 Å². The summed E-state index contributed by atoms with van der Waals surface area (Å²) in [5, 5.41) is 18.1. The summed E-state index contributed by atoms with van der Waals surface area (Å²) in [4.78, 5) is 20.5. The van der Waals surface area contributed by atoms with Crippen LogP contribution in [0.4, 0.5) is 18.9 Å². The molecule has 0 aromatic carbocycles. The van der Waals surface area contributed by atoms with Gasteiger partial charge >= 0.3 is 6.18 Å². The van der Waals surface area contributed by atoms with Gasteiger partial charge in [-0.1, -0.05) is 11.3 Å². The Morgan fingerprint density at radius 1 is 1.21 bits per heavy atom. The molecule has 3 aliphatic rings. The minimum absolute atomic E-state index is 0.00372. The lowest BCUT2D eigenvalue weighted by Gasteiger charge is -2.39. The standard InChI is InChI=1S/C22H22F3N9O3S2/c23-22(24,25)20-30-29-18(38-20)17-28-10-16-15(32-3-5-33(6-4-32)19(35)13-8-27-9-13)7-14(11-34(16)17)39(36,37)31-21(12-26)1-2-21/h7,10-11,13,27,31H,1-6,8-9H2. The molecule has 1 aliphatic carbocycles. The number of hydrogen-bond acceptors (Lipinski definition) is 10. The molecule has 1 amide bonds. The number of sulfonamides is 1. The third kappa shape index (κ3) is 4.71. The van der Waals surface area contributed by atoms with Crippen LogP contribution in [0.15, 0.2) is 23.4 Å². The molecule has 2 saturated heterocycles. The number of piperazine rings is 1. The van der Waals surface area contributed by atoms with Crippen molar-refractivity contribution in [3.63, 3.8) is 0 Å². The lowest BCUT2D eigenvalue weighted by Crippen LogP contribution is -2.56. The molecule has 6 rings (SSSR count). The van der Waals surface area contributed by atoms with E-state index in [1.165, 1.54) is 22.9 Å². The summed E-state index contributed by atoms with van der Waals surface area (Å²) in [5.41, 5.74) is -0.233. The van der Waals surface area contributed by atoms with E-state index in [4.69, 9.17) is 0 Å². The zero-order valence-electron chi connectivity index (χ0n) is 20.3. The normalized spacial score (nSPS) is 19.6. The molecule has 39 heavy (non-hydrogen) atoms. The first kappa shape index (κ1) is 25.9. The fraction of sp³-hybridized carbons (Fsp3) is 0.500. The Morgan fingerprint density at radius 2 is 1.92 bits per heavy atom. The molecule has 0 bridgehead atoms. The average Bonchev–Trinajstić information content (AvgIpc) is 3.25. The van der Waals surface area contributed by atoms with Crippen LogP contribution < -0.4 is 14.9 Å². The van der Waals surface area contributed by atoms with Crippen molar-refractivity contribution in [2.45, 2.75) is 29.5 Å². The number of alkyl halides is 3. The Hall–Kier alpha value is -3.33. The number of carbonyl (C=O) groups excluding carboxylic acids is 1. The number of nitrogens with one attached hydrogen (secondary N) is 2. The van der Waals surface area contributed by atoms with Crippen LogP contribution in [0.1, 0.15) is 17.8 Å². The van der Waals surface area contributed by atoms with Gasteiger partial charge in [-0.3, -0.25) is 9.20 Å². The van der Waals surface area contributed by atoms with Crippen LogP contribution in [0.5, 0.6) is 0 Å². The highest BCUT2D eigenvalue weighted by Crippen LogP contribution is 2.38. The van der Waals surface area contributed by atoms with Crippen LogP contribution in [-0.2, 0) is 21.0 Å². The summed E-state index contributed by atoms with van der Waals surface area (Å²) in [7, 11) is -4.18. The van der Waals surface area contributed by atoms with Gasteiger partial charge in [0, 0.05) is 45.5 Å². The van der Waals surface area contributed by atoms with Crippen molar-refractivity contribution in [1.82, 2.24) is 34.5 Å². The molecule has 2 aliphatic heterocycles. The Labute approximate surface area is 224 Å². The van der Waals surface area contributed by atoms with Gasteiger partial charge in [0.05, 0.1) is 29.4 Å². The number of rotatable bonds is 6. The van der Waals surface area contributed by atoms with Crippen molar-refractivity contribution in [2.75, 3.05) is 44.2 Å². The van der Waals surface area contributed by atoms with E-state index in [9.17, 15) is 31.6 Å². The van der Waals surface area contributed by atoms with Gasteiger partial charge in [-0.05, 0) is 18.9 Å². The maximum absolute atomic E-state index is 13.3. The minimum Gasteiger partial charge on any atom is -0.366 e. The maximum Gasteiger partial charge on any atom is 0.445 e. The van der Waals surface area contributed by atoms with Gasteiger partial charge in [-0.25, -0.2) is 13.4 Å². The minimum atomic E-state index is -4.69. The van der Waals surface area contributed by atoms with Gasteiger partial charge in [0.25, 0.3) is 0 Å². The molecule has 17 heteroatoms. The molecule has 3 aromatic heterocycles. The summed E-state index contributed by atoms with van der Waals surface area (Å²) in [6.07, 6.45) is -1.22. The number of amides is 1. The van der Waals surface area contributed by atoms with E-state index >= 15 is 0 Å². The number of carbonyl (C=O) groups is 1. The predicted octanol–water partition coefficient (Wildman–Crippen LogP) is 1.07. The molecule has 5 heterocycles. The molecular formula is C22H22F3N9O3S2. The van der Waals surface area contributed by atoms with Crippen molar-refractivity contribution in [2.24, 2.45) is 5.92 Å². The molecule has 206 valence electrons. The van der Waals surface area contributed by atoms with Crippen molar-refractivity contribution in [3.05, 3.63) is 23.5 Å². The quantitative estimate of drug-likeness (QED) is 0.436. The molecule has 3 fully saturated rings. The van der Waals surface area contributed by atoms with Gasteiger partial charge in [0.2, 0.25) is 20.9 Å². The average molecular weight is 582 g/mol. The molecule has 3 aromatic rings. The van der Waals surface area contributed by atoms with Gasteiger partial charge in [0.15, 0.2) is 10.8 Å². The highest BCUT2D eigenvalue weighted by Gasteiger charge is 2.47. The lowest BCUT2D eigenvalue weighted by molar-refractivity contribution is -0.138. The van der Waals surface area contributed by atoms with Crippen LogP contribution >= 0.6 is 11.3 Å². The number of halogens is 3. The summed E-state index contributed by atoms with van der Waals surface area (Å²) >= 11 is 0.303. The van der Waals surface area contributed by atoms with Gasteiger partial charge in [-0.15, -0.1) is 10.2 Å². The zero-order chi connectivity index (χ0) is 27.6. The first-order valence-electron chi connectivity index (χ1n) is 12.1. The van der Waals surface area contributed by atoms with E-state index in [-0.39, 0.29) is 27.6 Å². The van der Waals surface area contributed by atoms with E-state index in [0.29, 0.717) is 74.7 Å². The lowest BCUT2D eigenvalue weighted by atomic mass is 10.0. The van der Waals surface area contributed by atoms with Crippen LogP contribution in [0.25, 0.3) is 16.3 Å². The highest BCUT2D eigenvalue weighted by atomic mass is 32.2. The first-order valence-corrected chi connectivity index (χ1v) is 14.4. The molecule has 0 unspecified atom stereocenters. The second-order valence-corrected chi connectivity index (χ2v) is 12.4. The monoisotopic (exact) mass is 581 g/mol. The molecule has 0 atom stereocenters. The summed E-state index contributed by atoms with van der Waals surface area (Å²) in [6.45, 7) is 2.99. The summed E-state index contributed by atoms with van der Waals surface area (Å²) in [6, 6.07) is 3.46. The first-order chi connectivity index (χ1) is 18.5. The van der Waals surface area contributed by atoms with E-state index in [1.807, 2.05) is 11.0 Å². The third-order valence-corrected chi connectivity index (χ3v) is 9.59. The molecule has 1 saturated carbocycles. The second-order valence-electron chi connectivity index (χ2n) is 9.78. The van der Waals surface area contributed by atoms with Gasteiger partial charge in [-0.2, -0.15) is 23.2 Å². The van der Waals surface area contributed by atoms with Crippen LogP contribution in [0.2, 0.25) is 0 Å². The number of aromatic nitrogens is 4. The fourth-order valence-corrected chi connectivity index (χ4v) is 6.71. The number of anilines is 1. The number of fused-ring (bicyclic) bond motifs is 1.